The van der Waals surface area contributed by atoms with E-state index in [0.29, 0.717) is 6.10 Å². The summed E-state index contributed by atoms with van der Waals surface area (Å²) >= 11 is 0. The van der Waals surface area contributed by atoms with Crippen LogP contribution in [0, 0.1) is 0 Å². The van der Waals surface area contributed by atoms with E-state index in [4.69, 9.17) is 9.47 Å². The second-order valence-electron chi connectivity index (χ2n) is 5.45. The number of ether oxygens (including phenoxy) is 2. The first-order valence-electron chi connectivity index (χ1n) is 7.67. The molecule has 0 radical (unpaired) electrons. The number of nitrogens with one attached hydrogen (secondary N) is 1. The van der Waals surface area contributed by atoms with Gasteiger partial charge in [0.15, 0.2) is 5.75 Å². The minimum Gasteiger partial charge on any atom is -0.493 e. The van der Waals surface area contributed by atoms with Gasteiger partial charge in [0.25, 0.3) is 0 Å². The van der Waals surface area contributed by atoms with E-state index in [1.807, 2.05) is 11.7 Å². The molecule has 2 rings (SSSR count). The fourth-order valence-corrected chi connectivity index (χ4v) is 2.85. The number of nitrogens with zero attached hydrogens (tertiary/aromatic N) is 2. The largest absolute Gasteiger partial charge is 0.493 e. The normalized spacial score (nSPS) is 20.9. The second kappa shape index (κ2) is 7.64. The monoisotopic (exact) mass is 281 g/mol. The first kappa shape index (κ1) is 15.3. The van der Waals surface area contributed by atoms with Crippen LogP contribution in [0.1, 0.15) is 50.8 Å². The van der Waals surface area contributed by atoms with Gasteiger partial charge in [0.2, 0.25) is 0 Å². The number of rotatable bonds is 7. The van der Waals surface area contributed by atoms with Crippen LogP contribution in [-0.2, 0) is 11.8 Å². The molecule has 1 fully saturated rings. The maximum Gasteiger partial charge on any atom is 0.161 e. The molecule has 5 nitrogen and oxygen atoms in total. The van der Waals surface area contributed by atoms with Crippen molar-refractivity contribution in [1.82, 2.24) is 15.1 Å². The Hall–Kier alpha value is -1.07. The summed E-state index contributed by atoms with van der Waals surface area (Å²) in [6.07, 6.45) is 7.85. The summed E-state index contributed by atoms with van der Waals surface area (Å²) in [5, 5.41) is 7.93. The van der Waals surface area contributed by atoms with Crippen molar-refractivity contribution in [3.63, 3.8) is 0 Å². The smallest absolute Gasteiger partial charge is 0.161 e. The number of hydrogen-bond acceptors (Lipinski definition) is 4. The Kier molecular flexibility index (Phi) is 5.86. The predicted molar refractivity (Wildman–Crippen MR) is 79.0 cm³/mol. The van der Waals surface area contributed by atoms with Gasteiger partial charge in [-0.05, 0) is 38.6 Å². The quantitative estimate of drug-likeness (QED) is 0.834. The highest BCUT2D eigenvalue weighted by Crippen LogP contribution is 2.30. The van der Waals surface area contributed by atoms with Crippen molar-refractivity contribution in [2.75, 3.05) is 20.3 Å². The van der Waals surface area contributed by atoms with Crippen molar-refractivity contribution in [3.8, 4) is 5.75 Å². The minimum absolute atomic E-state index is 0.237. The molecular formula is C15H27N3O2. The molecule has 0 bridgehead atoms. The zero-order valence-electron chi connectivity index (χ0n) is 12.9. The molecule has 1 aromatic heterocycles. The molecule has 1 saturated heterocycles. The van der Waals surface area contributed by atoms with Crippen LogP contribution in [0.25, 0.3) is 0 Å². The number of aromatic nitrogens is 2. The predicted octanol–water partition coefficient (Wildman–Crippen LogP) is 2.43. The Morgan fingerprint density at radius 3 is 3.05 bits per heavy atom. The fraction of sp³-hybridized carbons (Fsp3) is 0.800. The molecule has 1 aliphatic rings. The van der Waals surface area contributed by atoms with Gasteiger partial charge in [-0.2, -0.15) is 5.10 Å². The van der Waals surface area contributed by atoms with Crippen LogP contribution < -0.4 is 10.1 Å². The Bertz CT molecular complexity index is 400. The number of methoxy groups -OCH3 is 1. The highest BCUT2D eigenvalue weighted by molar-refractivity contribution is 5.28. The molecule has 114 valence electrons. The summed E-state index contributed by atoms with van der Waals surface area (Å²) in [5.74, 6) is 0.858. The summed E-state index contributed by atoms with van der Waals surface area (Å²) in [6, 6.07) is 0.237. The Morgan fingerprint density at radius 2 is 2.40 bits per heavy atom. The number of aryl methyl sites for hydroxylation is 1. The van der Waals surface area contributed by atoms with Crippen molar-refractivity contribution < 1.29 is 9.47 Å². The third kappa shape index (κ3) is 3.73. The van der Waals surface area contributed by atoms with Gasteiger partial charge in [-0.3, -0.25) is 4.68 Å². The average molecular weight is 281 g/mol. The van der Waals surface area contributed by atoms with E-state index in [-0.39, 0.29) is 6.04 Å². The molecule has 2 atom stereocenters. The maximum atomic E-state index is 5.89. The van der Waals surface area contributed by atoms with Crippen molar-refractivity contribution in [2.24, 2.45) is 7.05 Å². The Balaban J connectivity index is 2.10. The van der Waals surface area contributed by atoms with E-state index in [9.17, 15) is 0 Å². The maximum absolute atomic E-state index is 5.89. The lowest BCUT2D eigenvalue weighted by molar-refractivity contribution is 0.00445. The topological polar surface area (TPSA) is 48.3 Å². The van der Waals surface area contributed by atoms with Crippen LogP contribution >= 0.6 is 0 Å². The lowest BCUT2D eigenvalue weighted by Gasteiger charge is -2.28. The van der Waals surface area contributed by atoms with E-state index < -0.39 is 0 Å². The molecule has 1 aromatic rings. The zero-order valence-corrected chi connectivity index (χ0v) is 12.9. The highest BCUT2D eigenvalue weighted by atomic mass is 16.5. The molecule has 0 aromatic carbocycles. The summed E-state index contributed by atoms with van der Waals surface area (Å²) in [5.41, 5.74) is 1.12. The fourth-order valence-electron chi connectivity index (χ4n) is 2.85. The van der Waals surface area contributed by atoms with Crippen LogP contribution in [0.3, 0.4) is 0 Å². The molecule has 20 heavy (non-hydrogen) atoms. The molecule has 0 amide bonds. The molecule has 2 heterocycles. The van der Waals surface area contributed by atoms with Crippen LogP contribution in [0.15, 0.2) is 6.20 Å². The molecular weight excluding hydrogens is 254 g/mol. The average Bonchev–Trinajstić information content (AvgIpc) is 2.85. The lowest BCUT2D eigenvalue weighted by Crippen LogP contribution is -2.30. The molecule has 1 N–H and O–H groups in total. The van der Waals surface area contributed by atoms with Gasteiger partial charge in [0, 0.05) is 13.7 Å². The van der Waals surface area contributed by atoms with E-state index in [1.54, 1.807) is 13.3 Å². The van der Waals surface area contributed by atoms with E-state index in [1.165, 1.54) is 12.8 Å². The molecule has 0 saturated carbocycles. The van der Waals surface area contributed by atoms with Gasteiger partial charge in [-0.25, -0.2) is 0 Å². The summed E-state index contributed by atoms with van der Waals surface area (Å²) in [6.45, 7) is 4.07. The van der Waals surface area contributed by atoms with E-state index in [0.717, 1.165) is 43.9 Å². The van der Waals surface area contributed by atoms with Gasteiger partial charge < -0.3 is 14.8 Å². The summed E-state index contributed by atoms with van der Waals surface area (Å²) in [4.78, 5) is 0. The minimum atomic E-state index is 0.237. The standard InChI is InChI=1S/C15H27N3O2/c1-4-8-16-13(10-12-7-5-6-9-20-12)15-14(19-3)11-17-18(15)2/h11-13,16H,4-10H2,1-3H3. The van der Waals surface area contributed by atoms with Gasteiger partial charge in [0.1, 0.15) is 0 Å². The Morgan fingerprint density at radius 1 is 1.55 bits per heavy atom. The van der Waals surface area contributed by atoms with Crippen LogP contribution in [-0.4, -0.2) is 36.1 Å². The van der Waals surface area contributed by atoms with Gasteiger partial charge >= 0.3 is 0 Å². The third-order valence-corrected chi connectivity index (χ3v) is 3.91. The van der Waals surface area contributed by atoms with Crippen molar-refractivity contribution in [2.45, 2.75) is 51.2 Å². The van der Waals surface area contributed by atoms with Gasteiger partial charge in [0.05, 0.1) is 31.1 Å². The van der Waals surface area contributed by atoms with E-state index in [2.05, 4.69) is 17.3 Å². The van der Waals surface area contributed by atoms with Gasteiger partial charge in [-0.1, -0.05) is 6.92 Å². The van der Waals surface area contributed by atoms with Crippen molar-refractivity contribution in [1.29, 1.82) is 0 Å². The molecule has 2 unspecified atom stereocenters. The van der Waals surface area contributed by atoms with Crippen molar-refractivity contribution in [3.05, 3.63) is 11.9 Å². The second-order valence-corrected chi connectivity index (χ2v) is 5.45. The molecule has 1 aliphatic heterocycles. The third-order valence-electron chi connectivity index (χ3n) is 3.91. The van der Waals surface area contributed by atoms with Gasteiger partial charge in [-0.15, -0.1) is 0 Å². The van der Waals surface area contributed by atoms with Crippen LogP contribution in [0.5, 0.6) is 5.75 Å². The number of hydrogen-bond donors (Lipinski definition) is 1. The molecule has 5 heteroatoms. The van der Waals surface area contributed by atoms with Crippen LogP contribution in [0.2, 0.25) is 0 Å². The summed E-state index contributed by atoms with van der Waals surface area (Å²) < 4.78 is 13.3. The Labute approximate surface area is 121 Å². The summed E-state index contributed by atoms with van der Waals surface area (Å²) in [7, 11) is 3.68. The van der Waals surface area contributed by atoms with Crippen LogP contribution in [0.4, 0.5) is 0 Å². The lowest BCUT2D eigenvalue weighted by atomic mass is 9.99. The van der Waals surface area contributed by atoms with E-state index >= 15 is 0 Å². The van der Waals surface area contributed by atoms with Crippen molar-refractivity contribution >= 4 is 0 Å². The molecule has 0 spiro atoms. The SMILES string of the molecule is CCCNC(CC1CCCCO1)c1c(OC)cnn1C. The first-order chi connectivity index (χ1) is 9.76. The zero-order chi connectivity index (χ0) is 14.4. The molecule has 0 aliphatic carbocycles. The first-order valence-corrected chi connectivity index (χ1v) is 7.67. The highest BCUT2D eigenvalue weighted by Gasteiger charge is 2.25.